The maximum Gasteiger partial charge on any atom is 0.263 e. The minimum atomic E-state index is -0.608. The second-order valence-electron chi connectivity index (χ2n) is 6.85. The van der Waals surface area contributed by atoms with Crippen molar-refractivity contribution in [3.8, 4) is 0 Å². The number of anilines is 1. The summed E-state index contributed by atoms with van der Waals surface area (Å²) in [6, 6.07) is 6.73. The standard InChI is InChI=1S/C20H18N2O4S/c1-10-6-7-12-15(8-10)27-20(16(12)18(21)24)22-19(25)13-9-26-14-5-3-2-4-11(14)17(13)23/h2-5,9-10H,6-8H2,1H3,(H2,21,24)(H,22,25). The van der Waals surface area contributed by atoms with E-state index in [2.05, 4.69) is 12.2 Å². The van der Waals surface area contributed by atoms with Crippen LogP contribution in [0.25, 0.3) is 11.0 Å². The lowest BCUT2D eigenvalue weighted by atomic mass is 9.88. The van der Waals surface area contributed by atoms with Crippen LogP contribution in [-0.4, -0.2) is 11.8 Å². The first kappa shape index (κ1) is 17.5. The lowest BCUT2D eigenvalue weighted by Gasteiger charge is -2.18. The third-order valence-corrected chi connectivity index (χ3v) is 6.08. The van der Waals surface area contributed by atoms with E-state index < -0.39 is 17.2 Å². The van der Waals surface area contributed by atoms with Gasteiger partial charge in [0, 0.05) is 4.88 Å². The summed E-state index contributed by atoms with van der Waals surface area (Å²) in [6.07, 6.45) is 3.75. The molecule has 7 heteroatoms. The summed E-state index contributed by atoms with van der Waals surface area (Å²) < 4.78 is 5.41. The fourth-order valence-electron chi connectivity index (χ4n) is 3.50. The molecule has 3 aromatic rings. The number of hydrogen-bond donors (Lipinski definition) is 2. The quantitative estimate of drug-likeness (QED) is 0.725. The van der Waals surface area contributed by atoms with Gasteiger partial charge in [0.05, 0.1) is 10.9 Å². The van der Waals surface area contributed by atoms with Crippen LogP contribution in [0.1, 0.15) is 44.5 Å². The van der Waals surface area contributed by atoms with Crippen LogP contribution in [0.4, 0.5) is 5.00 Å². The molecule has 2 amide bonds. The Bertz CT molecular complexity index is 1130. The Balaban J connectivity index is 1.73. The van der Waals surface area contributed by atoms with E-state index >= 15 is 0 Å². The van der Waals surface area contributed by atoms with E-state index in [1.165, 1.54) is 11.3 Å². The summed E-state index contributed by atoms with van der Waals surface area (Å²) in [7, 11) is 0. The number of nitrogens with one attached hydrogen (secondary N) is 1. The zero-order valence-electron chi connectivity index (χ0n) is 14.7. The monoisotopic (exact) mass is 382 g/mol. The molecule has 0 saturated carbocycles. The van der Waals surface area contributed by atoms with Gasteiger partial charge in [0.15, 0.2) is 0 Å². The van der Waals surface area contributed by atoms with E-state index in [9.17, 15) is 14.4 Å². The van der Waals surface area contributed by atoms with Gasteiger partial charge >= 0.3 is 0 Å². The predicted molar refractivity (Wildman–Crippen MR) is 104 cm³/mol. The number of amides is 2. The molecule has 1 aliphatic rings. The highest BCUT2D eigenvalue weighted by Crippen LogP contribution is 2.39. The van der Waals surface area contributed by atoms with Gasteiger partial charge in [-0.25, -0.2) is 0 Å². The minimum Gasteiger partial charge on any atom is -0.463 e. The highest BCUT2D eigenvalue weighted by molar-refractivity contribution is 7.17. The topological polar surface area (TPSA) is 102 Å². The molecule has 2 aromatic heterocycles. The Kier molecular flexibility index (Phi) is 4.31. The number of hydrogen-bond acceptors (Lipinski definition) is 5. The number of thiophene rings is 1. The van der Waals surface area contributed by atoms with Crippen molar-refractivity contribution in [2.75, 3.05) is 5.32 Å². The van der Waals surface area contributed by atoms with Crippen LogP contribution < -0.4 is 16.5 Å². The summed E-state index contributed by atoms with van der Waals surface area (Å²) in [5.41, 5.74) is 6.75. The molecule has 3 N–H and O–H groups in total. The van der Waals surface area contributed by atoms with Crippen LogP contribution in [0, 0.1) is 5.92 Å². The molecule has 27 heavy (non-hydrogen) atoms. The summed E-state index contributed by atoms with van der Waals surface area (Å²) in [6.45, 7) is 2.16. The van der Waals surface area contributed by atoms with Crippen molar-refractivity contribution < 1.29 is 14.0 Å². The molecule has 138 valence electrons. The maximum absolute atomic E-state index is 12.7. The molecule has 0 spiro atoms. The second kappa shape index (κ2) is 6.66. The van der Waals surface area contributed by atoms with Crippen LogP contribution in [0.15, 0.2) is 39.7 Å². The van der Waals surface area contributed by atoms with Crippen molar-refractivity contribution in [1.29, 1.82) is 0 Å². The first-order chi connectivity index (χ1) is 13.0. The van der Waals surface area contributed by atoms with E-state index in [0.717, 1.165) is 36.0 Å². The van der Waals surface area contributed by atoms with Gasteiger partial charge < -0.3 is 15.5 Å². The second-order valence-corrected chi connectivity index (χ2v) is 7.95. The normalized spacial score (nSPS) is 16.1. The third-order valence-electron chi connectivity index (χ3n) is 4.91. The fourth-order valence-corrected chi connectivity index (χ4v) is 4.92. The highest BCUT2D eigenvalue weighted by atomic mass is 32.1. The number of carbonyl (C=O) groups is 2. The number of carbonyl (C=O) groups excluding carboxylic acids is 2. The maximum atomic E-state index is 12.7. The number of rotatable bonds is 3. The molecule has 2 heterocycles. The Hall–Kier alpha value is -2.93. The molecular weight excluding hydrogens is 364 g/mol. The van der Waals surface area contributed by atoms with Gasteiger partial charge in [-0.05, 0) is 42.9 Å². The molecule has 0 saturated heterocycles. The van der Waals surface area contributed by atoms with Gasteiger partial charge in [0.25, 0.3) is 11.8 Å². The molecule has 1 atom stereocenters. The van der Waals surface area contributed by atoms with Crippen molar-refractivity contribution in [2.24, 2.45) is 11.7 Å². The zero-order valence-corrected chi connectivity index (χ0v) is 15.5. The van der Waals surface area contributed by atoms with Crippen LogP contribution in [0.3, 0.4) is 0 Å². The molecule has 0 aliphatic heterocycles. The Morgan fingerprint density at radius 2 is 2.07 bits per heavy atom. The fraction of sp³-hybridized carbons (Fsp3) is 0.250. The van der Waals surface area contributed by atoms with Crippen molar-refractivity contribution in [1.82, 2.24) is 0 Å². The van der Waals surface area contributed by atoms with Gasteiger partial charge in [-0.3, -0.25) is 14.4 Å². The number of primary amides is 1. The van der Waals surface area contributed by atoms with E-state index in [-0.39, 0.29) is 5.56 Å². The molecule has 1 aliphatic carbocycles. The Morgan fingerprint density at radius 1 is 1.30 bits per heavy atom. The Morgan fingerprint density at radius 3 is 2.85 bits per heavy atom. The number of nitrogens with two attached hydrogens (primary N) is 1. The average Bonchev–Trinajstić information content (AvgIpc) is 2.99. The summed E-state index contributed by atoms with van der Waals surface area (Å²) in [5, 5.41) is 3.44. The summed E-state index contributed by atoms with van der Waals surface area (Å²) in [5.74, 6) is -0.653. The molecule has 0 fully saturated rings. The number of fused-ring (bicyclic) bond motifs is 2. The number of benzene rings is 1. The zero-order chi connectivity index (χ0) is 19.1. The largest absolute Gasteiger partial charge is 0.463 e. The van der Waals surface area contributed by atoms with E-state index in [4.69, 9.17) is 10.2 Å². The molecule has 1 unspecified atom stereocenters. The van der Waals surface area contributed by atoms with Gasteiger partial charge in [-0.2, -0.15) is 0 Å². The van der Waals surface area contributed by atoms with Crippen molar-refractivity contribution in [3.63, 3.8) is 0 Å². The lowest BCUT2D eigenvalue weighted by Crippen LogP contribution is -2.23. The van der Waals surface area contributed by atoms with Crippen molar-refractivity contribution >= 4 is 39.1 Å². The first-order valence-corrected chi connectivity index (χ1v) is 9.53. The lowest BCUT2D eigenvalue weighted by molar-refractivity contribution is 0.1000. The van der Waals surface area contributed by atoms with Gasteiger partial charge in [-0.1, -0.05) is 19.1 Å². The number of para-hydroxylation sites is 1. The smallest absolute Gasteiger partial charge is 0.263 e. The van der Waals surface area contributed by atoms with Crippen LogP contribution in [-0.2, 0) is 12.8 Å². The molecule has 0 radical (unpaired) electrons. The van der Waals surface area contributed by atoms with Crippen molar-refractivity contribution in [3.05, 3.63) is 62.3 Å². The molecule has 1 aromatic carbocycles. The van der Waals surface area contributed by atoms with E-state index in [0.29, 0.717) is 27.5 Å². The SMILES string of the molecule is CC1CCc2c(sc(NC(=O)c3coc4ccccc4c3=O)c2C(N)=O)C1. The molecule has 4 rings (SSSR count). The van der Waals surface area contributed by atoms with Crippen molar-refractivity contribution in [2.45, 2.75) is 26.2 Å². The highest BCUT2D eigenvalue weighted by Gasteiger charge is 2.28. The van der Waals surface area contributed by atoms with E-state index in [1.54, 1.807) is 24.3 Å². The first-order valence-electron chi connectivity index (χ1n) is 8.72. The summed E-state index contributed by atoms with van der Waals surface area (Å²) in [4.78, 5) is 38.4. The predicted octanol–water partition coefficient (Wildman–Crippen LogP) is 3.33. The Labute approximate surface area is 159 Å². The van der Waals surface area contributed by atoms with Gasteiger partial charge in [0.2, 0.25) is 5.43 Å². The van der Waals surface area contributed by atoms with Gasteiger partial charge in [-0.15, -0.1) is 11.3 Å². The molecule has 0 bridgehead atoms. The van der Waals surface area contributed by atoms with Crippen LogP contribution >= 0.6 is 11.3 Å². The molecular formula is C20H18N2O4S. The van der Waals surface area contributed by atoms with Gasteiger partial charge in [0.1, 0.15) is 22.4 Å². The average molecular weight is 382 g/mol. The third kappa shape index (κ3) is 3.04. The van der Waals surface area contributed by atoms with Crippen LogP contribution in [0.2, 0.25) is 0 Å². The van der Waals surface area contributed by atoms with E-state index in [1.807, 2.05) is 0 Å². The minimum absolute atomic E-state index is 0.108. The summed E-state index contributed by atoms with van der Waals surface area (Å²) >= 11 is 1.36. The molecule has 6 nitrogen and oxygen atoms in total. The van der Waals surface area contributed by atoms with Crippen LogP contribution in [0.5, 0.6) is 0 Å².